The van der Waals surface area contributed by atoms with Gasteiger partial charge in [0.15, 0.2) is 6.61 Å². The van der Waals surface area contributed by atoms with Gasteiger partial charge in [0.25, 0.3) is 5.91 Å². The van der Waals surface area contributed by atoms with Crippen LogP contribution in [-0.2, 0) is 4.79 Å². The monoisotopic (exact) mass is 295 g/mol. The first-order chi connectivity index (χ1) is 9.52. The lowest BCUT2D eigenvalue weighted by molar-refractivity contribution is -0.118. The Labute approximate surface area is 123 Å². The third-order valence-electron chi connectivity index (χ3n) is 3.54. The van der Waals surface area contributed by atoms with Gasteiger partial charge < -0.3 is 20.7 Å². The van der Waals surface area contributed by atoms with Crippen LogP contribution in [-0.4, -0.2) is 37.6 Å². The minimum atomic E-state index is -0.133. The minimum Gasteiger partial charge on any atom is -0.482 e. The Morgan fingerprint density at radius 1 is 1.55 bits per heavy atom. The Morgan fingerprint density at radius 3 is 3.00 bits per heavy atom. The molecule has 20 heavy (non-hydrogen) atoms. The molecule has 0 saturated carbocycles. The Bertz CT molecular complexity index is 507. The Balaban J connectivity index is 2.23. The number of nitrogen functional groups attached to an aromatic ring is 1. The molecule has 2 rings (SSSR count). The van der Waals surface area contributed by atoms with Gasteiger partial charge in [0, 0.05) is 19.2 Å². The van der Waals surface area contributed by atoms with Crippen molar-refractivity contribution in [3.05, 3.63) is 12.1 Å². The van der Waals surface area contributed by atoms with Gasteiger partial charge in [0.1, 0.15) is 5.75 Å². The van der Waals surface area contributed by atoms with Gasteiger partial charge in [-0.2, -0.15) is 11.8 Å². The second-order valence-electron chi connectivity index (χ2n) is 4.99. The van der Waals surface area contributed by atoms with E-state index in [-0.39, 0.29) is 12.5 Å². The third-order valence-corrected chi connectivity index (χ3v) is 4.19. The molecule has 5 nitrogen and oxygen atoms in total. The van der Waals surface area contributed by atoms with Crippen LogP contribution >= 0.6 is 11.8 Å². The van der Waals surface area contributed by atoms with Crippen molar-refractivity contribution in [2.75, 3.05) is 41.6 Å². The SMILES string of the molecule is CSCCC(C)N(C)c1cc2c(cc1N)OCC(=O)N2. The van der Waals surface area contributed by atoms with Crippen LogP contribution in [0.3, 0.4) is 0 Å². The normalized spacial score (nSPS) is 15.1. The molecule has 0 aliphatic carbocycles. The topological polar surface area (TPSA) is 67.6 Å². The fraction of sp³-hybridized carbons (Fsp3) is 0.500. The van der Waals surface area contributed by atoms with Crippen molar-refractivity contribution < 1.29 is 9.53 Å². The molecule has 1 heterocycles. The van der Waals surface area contributed by atoms with Crippen LogP contribution < -0.4 is 20.7 Å². The van der Waals surface area contributed by atoms with Crippen molar-refractivity contribution in [1.29, 1.82) is 0 Å². The molecule has 0 radical (unpaired) electrons. The lowest BCUT2D eigenvalue weighted by atomic mass is 10.1. The zero-order valence-electron chi connectivity index (χ0n) is 12.1. The van der Waals surface area contributed by atoms with E-state index >= 15 is 0 Å². The molecular weight excluding hydrogens is 274 g/mol. The summed E-state index contributed by atoms with van der Waals surface area (Å²) in [6.45, 7) is 2.22. The Morgan fingerprint density at radius 2 is 2.30 bits per heavy atom. The number of nitrogens with zero attached hydrogens (tertiary/aromatic N) is 1. The van der Waals surface area contributed by atoms with E-state index in [4.69, 9.17) is 10.5 Å². The molecule has 1 aliphatic heterocycles. The summed E-state index contributed by atoms with van der Waals surface area (Å²) in [7, 11) is 2.02. The van der Waals surface area contributed by atoms with Crippen molar-refractivity contribution in [3.63, 3.8) is 0 Å². The molecule has 110 valence electrons. The average molecular weight is 295 g/mol. The molecular formula is C14H21N3O2S. The van der Waals surface area contributed by atoms with Gasteiger partial charge in [-0.3, -0.25) is 4.79 Å². The maximum Gasteiger partial charge on any atom is 0.262 e. The number of hydrogen-bond acceptors (Lipinski definition) is 5. The lowest BCUT2D eigenvalue weighted by Crippen LogP contribution is -2.31. The second kappa shape index (κ2) is 6.26. The van der Waals surface area contributed by atoms with Gasteiger partial charge >= 0.3 is 0 Å². The number of ether oxygens (including phenoxy) is 1. The molecule has 0 saturated heterocycles. The number of nitrogens with one attached hydrogen (secondary N) is 1. The van der Waals surface area contributed by atoms with Crippen LogP contribution in [0.15, 0.2) is 12.1 Å². The minimum absolute atomic E-state index is 0.0474. The molecule has 3 N–H and O–H groups in total. The van der Waals surface area contributed by atoms with Crippen LogP contribution in [0.25, 0.3) is 0 Å². The standard InChI is InChI=1S/C14H21N3O2S/c1-9(4-5-20-3)17(2)12-7-11-13(6-10(12)15)19-8-14(18)16-11/h6-7,9H,4-5,8,15H2,1-3H3,(H,16,18). The fourth-order valence-electron chi connectivity index (χ4n) is 2.16. The Hall–Kier alpha value is -1.56. The first-order valence-electron chi connectivity index (χ1n) is 6.61. The third kappa shape index (κ3) is 3.12. The maximum atomic E-state index is 11.4. The molecule has 1 aliphatic rings. The van der Waals surface area contributed by atoms with Gasteiger partial charge in [0.2, 0.25) is 0 Å². The highest BCUT2D eigenvalue weighted by atomic mass is 32.2. The fourth-order valence-corrected chi connectivity index (χ4v) is 2.73. The zero-order chi connectivity index (χ0) is 14.7. The number of fused-ring (bicyclic) bond motifs is 1. The highest BCUT2D eigenvalue weighted by Crippen LogP contribution is 2.37. The molecule has 0 fully saturated rings. The van der Waals surface area contributed by atoms with Crippen molar-refractivity contribution in [1.82, 2.24) is 0 Å². The number of anilines is 3. The van der Waals surface area contributed by atoms with E-state index in [2.05, 4.69) is 23.4 Å². The molecule has 1 unspecified atom stereocenters. The van der Waals surface area contributed by atoms with Crippen molar-refractivity contribution >= 4 is 34.7 Å². The first-order valence-corrected chi connectivity index (χ1v) is 8.00. The smallest absolute Gasteiger partial charge is 0.262 e. The average Bonchev–Trinajstić information content (AvgIpc) is 2.43. The molecule has 0 aromatic heterocycles. The number of carbonyl (C=O) groups excluding carboxylic acids is 1. The summed E-state index contributed by atoms with van der Waals surface area (Å²) < 4.78 is 5.36. The van der Waals surface area contributed by atoms with Crippen molar-refractivity contribution in [3.8, 4) is 5.75 Å². The maximum absolute atomic E-state index is 11.4. The van der Waals surface area contributed by atoms with E-state index in [1.807, 2.05) is 24.9 Å². The number of benzene rings is 1. The van der Waals surface area contributed by atoms with Crippen LogP contribution in [0.2, 0.25) is 0 Å². The molecule has 1 aromatic carbocycles. The van der Waals surface area contributed by atoms with E-state index in [1.165, 1.54) is 0 Å². The number of thioether (sulfide) groups is 1. The van der Waals surface area contributed by atoms with Crippen LogP contribution in [0.1, 0.15) is 13.3 Å². The molecule has 6 heteroatoms. The number of carbonyl (C=O) groups is 1. The summed E-state index contributed by atoms with van der Waals surface area (Å²) in [6, 6.07) is 4.04. The number of nitrogens with two attached hydrogens (primary N) is 1. The molecule has 1 aromatic rings. The van der Waals surface area contributed by atoms with Crippen molar-refractivity contribution in [2.45, 2.75) is 19.4 Å². The van der Waals surface area contributed by atoms with Crippen molar-refractivity contribution in [2.24, 2.45) is 0 Å². The summed E-state index contributed by atoms with van der Waals surface area (Å²) in [6.07, 6.45) is 3.18. The number of rotatable bonds is 5. The number of amides is 1. The van der Waals surface area contributed by atoms with Gasteiger partial charge in [-0.1, -0.05) is 0 Å². The first kappa shape index (κ1) is 14.8. The van der Waals surface area contributed by atoms with E-state index in [9.17, 15) is 4.79 Å². The summed E-state index contributed by atoms with van der Waals surface area (Å²) in [5, 5.41) is 2.81. The van der Waals surface area contributed by atoms with Gasteiger partial charge in [0.05, 0.1) is 17.1 Å². The summed E-state index contributed by atoms with van der Waals surface area (Å²) in [5.41, 5.74) is 8.38. The van der Waals surface area contributed by atoms with E-state index in [1.54, 1.807) is 6.07 Å². The highest BCUT2D eigenvalue weighted by Gasteiger charge is 2.20. The predicted molar refractivity (Wildman–Crippen MR) is 85.8 cm³/mol. The van der Waals surface area contributed by atoms with Crippen LogP contribution in [0, 0.1) is 0 Å². The Kier molecular flexibility index (Phi) is 4.65. The summed E-state index contributed by atoms with van der Waals surface area (Å²) >= 11 is 1.83. The quantitative estimate of drug-likeness (QED) is 0.815. The molecule has 0 bridgehead atoms. The summed E-state index contributed by atoms with van der Waals surface area (Å²) in [4.78, 5) is 13.5. The van der Waals surface area contributed by atoms with E-state index < -0.39 is 0 Å². The van der Waals surface area contributed by atoms with Crippen LogP contribution in [0.5, 0.6) is 5.75 Å². The van der Waals surface area contributed by atoms with Gasteiger partial charge in [-0.05, 0) is 31.4 Å². The molecule has 0 spiro atoms. The van der Waals surface area contributed by atoms with Gasteiger partial charge in [-0.15, -0.1) is 0 Å². The zero-order valence-corrected chi connectivity index (χ0v) is 12.9. The highest BCUT2D eigenvalue weighted by molar-refractivity contribution is 7.98. The molecule has 1 amide bonds. The van der Waals surface area contributed by atoms with Gasteiger partial charge in [-0.25, -0.2) is 0 Å². The predicted octanol–water partition coefficient (Wildman–Crippen LogP) is 2.18. The van der Waals surface area contributed by atoms with E-state index in [0.29, 0.717) is 23.2 Å². The largest absolute Gasteiger partial charge is 0.482 e. The number of hydrogen-bond donors (Lipinski definition) is 2. The van der Waals surface area contributed by atoms with Crippen LogP contribution in [0.4, 0.5) is 17.1 Å². The molecule has 1 atom stereocenters. The van der Waals surface area contributed by atoms with E-state index in [0.717, 1.165) is 17.9 Å². The summed E-state index contributed by atoms with van der Waals surface area (Å²) in [5.74, 6) is 1.61. The lowest BCUT2D eigenvalue weighted by Gasteiger charge is -2.30. The second-order valence-corrected chi connectivity index (χ2v) is 5.97.